The average molecular weight is 238 g/mol. The third kappa shape index (κ3) is 4.55. The van der Waals surface area contributed by atoms with E-state index in [2.05, 4.69) is 23.7 Å². The Hall–Kier alpha value is -1.20. The molecule has 1 aromatic heterocycles. The van der Waals surface area contributed by atoms with E-state index in [0.717, 1.165) is 17.7 Å². The van der Waals surface area contributed by atoms with E-state index in [9.17, 15) is 0 Å². The van der Waals surface area contributed by atoms with Crippen LogP contribution in [0.25, 0.3) is 0 Å². The molecule has 0 amide bonds. The van der Waals surface area contributed by atoms with Crippen molar-refractivity contribution >= 4 is 11.6 Å². The van der Waals surface area contributed by atoms with Crippen molar-refractivity contribution in [2.45, 2.75) is 32.8 Å². The lowest BCUT2D eigenvalue weighted by atomic mass is 10.2. The van der Waals surface area contributed by atoms with Crippen molar-refractivity contribution in [1.29, 1.82) is 0 Å². The minimum atomic E-state index is 0.202. The van der Waals surface area contributed by atoms with Gasteiger partial charge < -0.3 is 4.74 Å². The summed E-state index contributed by atoms with van der Waals surface area (Å²) in [6, 6.07) is 1.90. The van der Waals surface area contributed by atoms with Gasteiger partial charge in [-0.2, -0.15) is 0 Å². The Morgan fingerprint density at radius 3 is 3.00 bits per heavy atom. The zero-order valence-corrected chi connectivity index (χ0v) is 10.4. The third-order valence-electron chi connectivity index (χ3n) is 2.08. The largest absolute Gasteiger partial charge is 0.489 e. The highest BCUT2D eigenvalue weighted by Crippen LogP contribution is 2.13. The molecule has 0 saturated heterocycles. The second-order valence-corrected chi connectivity index (χ2v) is 3.86. The Kier molecular flexibility index (Phi) is 5.74. The molecule has 0 aliphatic rings. The number of nitrogens with zero attached hydrogens (tertiary/aromatic N) is 1. The number of hydrogen-bond acceptors (Lipinski definition) is 2. The van der Waals surface area contributed by atoms with Gasteiger partial charge in [-0.25, -0.2) is 0 Å². The standard InChI is InChI=1S/C13H16ClNO/c1-3-11(2)16-13-8-12(9-15-10-13)6-4-5-7-14/h8-11H,3,5,7H2,1-2H3. The molecule has 0 fully saturated rings. The quantitative estimate of drug-likeness (QED) is 0.593. The van der Waals surface area contributed by atoms with Gasteiger partial charge in [0.15, 0.2) is 0 Å². The van der Waals surface area contributed by atoms with Crippen LogP contribution in [0, 0.1) is 11.8 Å². The van der Waals surface area contributed by atoms with E-state index >= 15 is 0 Å². The number of aromatic nitrogens is 1. The second-order valence-electron chi connectivity index (χ2n) is 3.49. The van der Waals surface area contributed by atoms with Gasteiger partial charge in [-0.05, 0) is 19.4 Å². The molecule has 1 rings (SSSR count). The number of alkyl halides is 1. The van der Waals surface area contributed by atoms with Crippen molar-refractivity contribution in [2.75, 3.05) is 5.88 Å². The summed E-state index contributed by atoms with van der Waals surface area (Å²) in [4.78, 5) is 4.09. The van der Waals surface area contributed by atoms with Crippen LogP contribution in [0.5, 0.6) is 5.75 Å². The van der Waals surface area contributed by atoms with E-state index in [-0.39, 0.29) is 6.10 Å². The van der Waals surface area contributed by atoms with E-state index in [1.807, 2.05) is 13.0 Å². The number of rotatable bonds is 4. The van der Waals surface area contributed by atoms with E-state index in [1.165, 1.54) is 0 Å². The lowest BCUT2D eigenvalue weighted by Crippen LogP contribution is -2.09. The van der Waals surface area contributed by atoms with Crippen LogP contribution in [-0.2, 0) is 0 Å². The summed E-state index contributed by atoms with van der Waals surface area (Å²) in [6.45, 7) is 4.12. The number of pyridine rings is 1. The Bertz CT molecular complexity index is 381. The molecule has 0 aliphatic carbocycles. The van der Waals surface area contributed by atoms with Gasteiger partial charge >= 0.3 is 0 Å². The average Bonchev–Trinajstić information content (AvgIpc) is 2.30. The van der Waals surface area contributed by atoms with Crippen molar-refractivity contribution in [3.05, 3.63) is 24.0 Å². The molecule has 1 heterocycles. The fraction of sp³-hybridized carbons (Fsp3) is 0.462. The monoisotopic (exact) mass is 237 g/mol. The van der Waals surface area contributed by atoms with Crippen LogP contribution in [-0.4, -0.2) is 17.0 Å². The first-order chi connectivity index (χ1) is 7.76. The Morgan fingerprint density at radius 2 is 2.31 bits per heavy atom. The summed E-state index contributed by atoms with van der Waals surface area (Å²) in [6.07, 6.45) is 5.30. The van der Waals surface area contributed by atoms with Gasteiger partial charge in [0.2, 0.25) is 0 Å². The molecule has 16 heavy (non-hydrogen) atoms. The maximum absolute atomic E-state index is 5.65. The predicted molar refractivity (Wildman–Crippen MR) is 66.8 cm³/mol. The SMILES string of the molecule is CCC(C)Oc1cncc(C#CCCCl)c1. The van der Waals surface area contributed by atoms with Crippen LogP contribution in [0.1, 0.15) is 32.3 Å². The molecule has 0 aliphatic heterocycles. The van der Waals surface area contributed by atoms with Crippen LogP contribution in [0.2, 0.25) is 0 Å². The molecule has 0 bridgehead atoms. The summed E-state index contributed by atoms with van der Waals surface area (Å²) >= 11 is 5.54. The van der Waals surface area contributed by atoms with Gasteiger partial charge in [-0.15, -0.1) is 11.6 Å². The molecule has 1 atom stereocenters. The predicted octanol–water partition coefficient (Wildman–Crippen LogP) is 3.24. The van der Waals surface area contributed by atoms with Crippen molar-refractivity contribution in [3.63, 3.8) is 0 Å². The molecule has 3 heteroatoms. The van der Waals surface area contributed by atoms with Crippen molar-refractivity contribution in [2.24, 2.45) is 0 Å². The second kappa shape index (κ2) is 7.14. The fourth-order valence-corrected chi connectivity index (χ4v) is 1.17. The van der Waals surface area contributed by atoms with Crippen molar-refractivity contribution < 1.29 is 4.74 Å². The minimum absolute atomic E-state index is 0.202. The van der Waals surface area contributed by atoms with Crippen LogP contribution < -0.4 is 4.74 Å². The summed E-state index contributed by atoms with van der Waals surface area (Å²) in [7, 11) is 0. The Morgan fingerprint density at radius 1 is 1.50 bits per heavy atom. The molecule has 0 aromatic carbocycles. The maximum atomic E-state index is 5.65. The molecule has 0 N–H and O–H groups in total. The van der Waals surface area contributed by atoms with Gasteiger partial charge in [0.1, 0.15) is 5.75 Å². The van der Waals surface area contributed by atoms with Crippen LogP contribution >= 0.6 is 11.6 Å². The molecule has 0 saturated carbocycles. The number of halogens is 1. The molecule has 1 aromatic rings. The van der Waals surface area contributed by atoms with Gasteiger partial charge in [0, 0.05) is 24.1 Å². The summed E-state index contributed by atoms with van der Waals surface area (Å²) < 4.78 is 5.65. The fourth-order valence-electron chi connectivity index (χ4n) is 1.08. The molecule has 86 valence electrons. The maximum Gasteiger partial charge on any atom is 0.139 e. The van der Waals surface area contributed by atoms with E-state index in [4.69, 9.17) is 16.3 Å². The Balaban J connectivity index is 2.68. The van der Waals surface area contributed by atoms with E-state index in [1.54, 1.807) is 12.4 Å². The Labute approximate surface area is 102 Å². The third-order valence-corrected chi connectivity index (χ3v) is 2.27. The molecule has 2 nitrogen and oxygen atoms in total. The summed E-state index contributed by atoms with van der Waals surface area (Å²) in [5.74, 6) is 7.30. The smallest absolute Gasteiger partial charge is 0.139 e. The topological polar surface area (TPSA) is 22.1 Å². The van der Waals surface area contributed by atoms with Gasteiger partial charge in [0.25, 0.3) is 0 Å². The van der Waals surface area contributed by atoms with Gasteiger partial charge in [-0.1, -0.05) is 18.8 Å². The van der Waals surface area contributed by atoms with Crippen LogP contribution in [0.4, 0.5) is 0 Å². The molecular weight excluding hydrogens is 222 g/mol. The van der Waals surface area contributed by atoms with Crippen molar-refractivity contribution in [1.82, 2.24) is 4.98 Å². The molecule has 1 unspecified atom stereocenters. The first-order valence-electron chi connectivity index (χ1n) is 5.42. The highest BCUT2D eigenvalue weighted by molar-refractivity contribution is 6.18. The summed E-state index contributed by atoms with van der Waals surface area (Å²) in [5, 5.41) is 0. The molecule has 0 spiro atoms. The molecule has 0 radical (unpaired) electrons. The lowest BCUT2D eigenvalue weighted by Gasteiger charge is -2.11. The van der Waals surface area contributed by atoms with Gasteiger partial charge in [-0.3, -0.25) is 4.98 Å². The molecular formula is C13H16ClNO. The van der Waals surface area contributed by atoms with Gasteiger partial charge in [0.05, 0.1) is 12.3 Å². The summed E-state index contributed by atoms with van der Waals surface area (Å²) in [5.41, 5.74) is 0.867. The van der Waals surface area contributed by atoms with Crippen molar-refractivity contribution in [3.8, 4) is 17.6 Å². The first-order valence-corrected chi connectivity index (χ1v) is 5.96. The zero-order valence-electron chi connectivity index (χ0n) is 9.66. The zero-order chi connectivity index (χ0) is 11.8. The number of hydrogen-bond donors (Lipinski definition) is 0. The normalized spacial score (nSPS) is 11.4. The highest BCUT2D eigenvalue weighted by Gasteiger charge is 2.01. The van der Waals surface area contributed by atoms with Crippen LogP contribution in [0.3, 0.4) is 0 Å². The number of ether oxygens (including phenoxy) is 1. The first kappa shape index (κ1) is 12.9. The highest BCUT2D eigenvalue weighted by atomic mass is 35.5. The van der Waals surface area contributed by atoms with E-state index in [0.29, 0.717) is 12.3 Å². The lowest BCUT2D eigenvalue weighted by molar-refractivity contribution is 0.216. The van der Waals surface area contributed by atoms with E-state index < -0.39 is 0 Å². The minimum Gasteiger partial charge on any atom is -0.489 e. The van der Waals surface area contributed by atoms with Crippen LogP contribution in [0.15, 0.2) is 18.5 Å².